The average Bonchev–Trinajstić information content (AvgIpc) is 2.98. The van der Waals surface area contributed by atoms with Crippen molar-refractivity contribution in [2.24, 2.45) is 0 Å². The molecule has 2 aromatic heterocycles. The predicted molar refractivity (Wildman–Crippen MR) is 75.5 cm³/mol. The first kappa shape index (κ1) is 15.1. The SMILES string of the molecule is O=CO.O[C@@H]1CCC[C@H](n2ccnc2-c2cncnc2)C1. The van der Waals surface area contributed by atoms with Crippen LogP contribution in [0.2, 0.25) is 0 Å². The van der Waals surface area contributed by atoms with Gasteiger partial charge in [0.05, 0.1) is 11.7 Å². The predicted octanol–water partition coefficient (Wildman–Crippen LogP) is 1.52. The molecule has 1 aliphatic rings. The number of aliphatic hydroxyl groups excluding tert-OH is 1. The van der Waals surface area contributed by atoms with E-state index < -0.39 is 0 Å². The summed E-state index contributed by atoms with van der Waals surface area (Å²) in [5.41, 5.74) is 0.919. The molecule has 0 amide bonds. The van der Waals surface area contributed by atoms with E-state index in [0.717, 1.165) is 37.1 Å². The van der Waals surface area contributed by atoms with Crippen molar-refractivity contribution in [1.82, 2.24) is 19.5 Å². The molecule has 21 heavy (non-hydrogen) atoms. The maximum Gasteiger partial charge on any atom is 0.290 e. The topological polar surface area (TPSA) is 101 Å². The molecule has 112 valence electrons. The number of aliphatic hydroxyl groups is 1. The van der Waals surface area contributed by atoms with Crippen LogP contribution in [0.5, 0.6) is 0 Å². The van der Waals surface area contributed by atoms with Crippen LogP contribution in [0.15, 0.2) is 31.1 Å². The number of carboxylic acid groups (broad SMARTS) is 1. The molecule has 2 aromatic rings. The van der Waals surface area contributed by atoms with Crippen molar-refractivity contribution in [2.45, 2.75) is 37.8 Å². The van der Waals surface area contributed by atoms with Crippen molar-refractivity contribution in [3.05, 3.63) is 31.1 Å². The lowest BCUT2D eigenvalue weighted by Crippen LogP contribution is -2.22. The molecule has 0 bridgehead atoms. The molecule has 0 aromatic carbocycles. The van der Waals surface area contributed by atoms with Gasteiger partial charge in [0.25, 0.3) is 6.47 Å². The number of imidazole rings is 1. The van der Waals surface area contributed by atoms with Crippen LogP contribution in [-0.4, -0.2) is 42.3 Å². The molecule has 0 spiro atoms. The molecular formula is C14H18N4O3. The van der Waals surface area contributed by atoms with Gasteiger partial charge in [-0.25, -0.2) is 15.0 Å². The van der Waals surface area contributed by atoms with E-state index in [4.69, 9.17) is 9.90 Å². The van der Waals surface area contributed by atoms with Gasteiger partial charge in [-0.1, -0.05) is 0 Å². The molecule has 1 saturated carbocycles. The third-order valence-electron chi connectivity index (χ3n) is 3.50. The number of rotatable bonds is 2. The standard InChI is InChI=1S/C13H16N4O.CH2O2/c18-12-3-1-2-11(6-12)17-5-4-16-13(17)10-7-14-9-15-8-10;2-1-3/h4-5,7-9,11-12,18H,1-3,6H2;1H,(H,2,3)/t11-,12+;/m0./s1. The molecule has 2 atom stereocenters. The number of hydrogen-bond acceptors (Lipinski definition) is 5. The van der Waals surface area contributed by atoms with Crippen molar-refractivity contribution in [1.29, 1.82) is 0 Å². The van der Waals surface area contributed by atoms with Gasteiger partial charge >= 0.3 is 0 Å². The van der Waals surface area contributed by atoms with Crippen molar-refractivity contribution >= 4 is 6.47 Å². The molecule has 0 radical (unpaired) electrons. The Hall–Kier alpha value is -2.28. The summed E-state index contributed by atoms with van der Waals surface area (Å²) in [6.07, 6.45) is 12.5. The van der Waals surface area contributed by atoms with E-state index in [-0.39, 0.29) is 12.6 Å². The Morgan fingerprint density at radius 3 is 2.67 bits per heavy atom. The van der Waals surface area contributed by atoms with Crippen LogP contribution in [0.4, 0.5) is 0 Å². The van der Waals surface area contributed by atoms with Gasteiger partial charge in [0, 0.05) is 30.8 Å². The minimum Gasteiger partial charge on any atom is -0.483 e. The van der Waals surface area contributed by atoms with Gasteiger partial charge in [-0.15, -0.1) is 0 Å². The van der Waals surface area contributed by atoms with Gasteiger partial charge in [0.1, 0.15) is 12.2 Å². The lowest BCUT2D eigenvalue weighted by Gasteiger charge is -2.28. The average molecular weight is 290 g/mol. The zero-order valence-corrected chi connectivity index (χ0v) is 11.5. The maximum absolute atomic E-state index is 9.78. The minimum absolute atomic E-state index is 0.189. The third kappa shape index (κ3) is 3.85. The second kappa shape index (κ2) is 7.49. The molecular weight excluding hydrogens is 272 g/mol. The summed E-state index contributed by atoms with van der Waals surface area (Å²) >= 11 is 0. The highest BCUT2D eigenvalue weighted by Gasteiger charge is 2.23. The second-order valence-corrected chi connectivity index (χ2v) is 4.86. The van der Waals surface area contributed by atoms with E-state index in [9.17, 15) is 5.11 Å². The summed E-state index contributed by atoms with van der Waals surface area (Å²) < 4.78 is 2.14. The van der Waals surface area contributed by atoms with Gasteiger partial charge in [-0.05, 0) is 25.7 Å². The van der Waals surface area contributed by atoms with Crippen LogP contribution in [0.25, 0.3) is 11.4 Å². The Bertz CT molecular complexity index is 558. The first-order valence-electron chi connectivity index (χ1n) is 6.80. The van der Waals surface area contributed by atoms with Crippen LogP contribution >= 0.6 is 0 Å². The molecule has 0 aliphatic heterocycles. The van der Waals surface area contributed by atoms with Crippen molar-refractivity contribution < 1.29 is 15.0 Å². The second-order valence-electron chi connectivity index (χ2n) is 4.86. The number of hydrogen-bond donors (Lipinski definition) is 2. The Labute approximate surface area is 122 Å². The number of carbonyl (C=O) groups is 1. The van der Waals surface area contributed by atoms with Gasteiger partial charge in [0.2, 0.25) is 0 Å². The van der Waals surface area contributed by atoms with Crippen LogP contribution in [-0.2, 0) is 4.79 Å². The van der Waals surface area contributed by atoms with Crippen molar-refractivity contribution in [2.75, 3.05) is 0 Å². The lowest BCUT2D eigenvalue weighted by atomic mass is 9.92. The van der Waals surface area contributed by atoms with Crippen molar-refractivity contribution in [3.63, 3.8) is 0 Å². The van der Waals surface area contributed by atoms with Gasteiger partial charge in [-0.2, -0.15) is 0 Å². The van der Waals surface area contributed by atoms with Crippen LogP contribution in [0.3, 0.4) is 0 Å². The molecule has 2 heterocycles. The summed E-state index contributed by atoms with van der Waals surface area (Å²) in [7, 11) is 0. The highest BCUT2D eigenvalue weighted by molar-refractivity contribution is 5.52. The summed E-state index contributed by atoms with van der Waals surface area (Å²) in [5.74, 6) is 0.884. The van der Waals surface area contributed by atoms with Crippen LogP contribution in [0.1, 0.15) is 31.7 Å². The smallest absolute Gasteiger partial charge is 0.290 e. The zero-order chi connectivity index (χ0) is 15.1. The fraction of sp³-hybridized carbons (Fsp3) is 0.429. The molecule has 1 aliphatic carbocycles. The van der Waals surface area contributed by atoms with E-state index in [2.05, 4.69) is 19.5 Å². The summed E-state index contributed by atoms with van der Waals surface area (Å²) in [4.78, 5) is 20.8. The largest absolute Gasteiger partial charge is 0.483 e. The van der Waals surface area contributed by atoms with Gasteiger partial charge in [-0.3, -0.25) is 4.79 Å². The third-order valence-corrected chi connectivity index (χ3v) is 3.50. The zero-order valence-electron chi connectivity index (χ0n) is 11.5. The highest BCUT2D eigenvalue weighted by Crippen LogP contribution is 2.31. The first-order chi connectivity index (χ1) is 10.3. The molecule has 1 fully saturated rings. The van der Waals surface area contributed by atoms with E-state index in [1.165, 1.54) is 6.33 Å². The minimum atomic E-state index is -0.250. The maximum atomic E-state index is 9.78. The summed E-state index contributed by atoms with van der Waals surface area (Å²) in [6, 6.07) is 0.325. The number of aromatic nitrogens is 4. The van der Waals surface area contributed by atoms with E-state index in [1.807, 2.05) is 6.20 Å². The summed E-state index contributed by atoms with van der Waals surface area (Å²) in [6.45, 7) is -0.250. The van der Waals surface area contributed by atoms with E-state index in [1.54, 1.807) is 18.6 Å². The quantitative estimate of drug-likeness (QED) is 0.813. The first-order valence-corrected chi connectivity index (χ1v) is 6.80. The van der Waals surface area contributed by atoms with Gasteiger partial charge < -0.3 is 14.8 Å². The molecule has 2 N–H and O–H groups in total. The van der Waals surface area contributed by atoms with E-state index >= 15 is 0 Å². The highest BCUT2D eigenvalue weighted by atomic mass is 16.3. The Kier molecular flexibility index (Phi) is 5.39. The van der Waals surface area contributed by atoms with Crippen molar-refractivity contribution in [3.8, 4) is 11.4 Å². The lowest BCUT2D eigenvalue weighted by molar-refractivity contribution is -0.122. The Balaban J connectivity index is 0.000000497. The fourth-order valence-electron chi connectivity index (χ4n) is 2.64. The van der Waals surface area contributed by atoms with Crippen LogP contribution < -0.4 is 0 Å². The molecule has 7 heteroatoms. The Morgan fingerprint density at radius 2 is 2.00 bits per heavy atom. The van der Waals surface area contributed by atoms with Gasteiger partial charge in [0.15, 0.2) is 0 Å². The Morgan fingerprint density at radius 1 is 1.29 bits per heavy atom. The normalized spacial score (nSPS) is 21.2. The molecule has 0 saturated heterocycles. The monoisotopic (exact) mass is 290 g/mol. The van der Waals surface area contributed by atoms with Crippen LogP contribution in [0, 0.1) is 0 Å². The van der Waals surface area contributed by atoms with E-state index in [0.29, 0.717) is 6.04 Å². The molecule has 7 nitrogen and oxygen atoms in total. The fourth-order valence-corrected chi connectivity index (χ4v) is 2.64. The molecule has 0 unspecified atom stereocenters. The number of nitrogens with zero attached hydrogens (tertiary/aromatic N) is 4. The molecule has 3 rings (SSSR count). The summed E-state index contributed by atoms with van der Waals surface area (Å²) in [5, 5.41) is 16.7.